The van der Waals surface area contributed by atoms with Crippen LogP contribution < -0.4 is 5.09 Å². The Morgan fingerprint density at radius 3 is 2.00 bits per heavy atom. The Balaban J connectivity index is 0.000000468. The summed E-state index contributed by atoms with van der Waals surface area (Å²) in [6.07, 6.45) is 0.888. The van der Waals surface area contributed by atoms with E-state index >= 15 is 0 Å². The number of quaternary nitrogens is 1. The Kier molecular flexibility index (Phi) is 14.1. The number of hydroxylamine groups is 3. The standard InChI is InChI=1S/C7H15Cl2N2O2P.C5H11Cl2NO/c8-2-5-11(6-3-9)14(12)10-4-1-7-13-14;1-8(9,4-2-6)5-3-7/h1-7H2,(H,10,12);2-5H2,1H3. The zero-order valence-electron chi connectivity index (χ0n) is 13.4. The molecule has 1 aliphatic heterocycles. The molecule has 1 atom stereocenters. The molecule has 0 radical (unpaired) electrons. The maximum Gasteiger partial charge on any atom is 0.343 e. The maximum atomic E-state index is 12.2. The lowest BCUT2D eigenvalue weighted by atomic mass is 10.5. The van der Waals surface area contributed by atoms with Crippen molar-refractivity contribution >= 4 is 54.1 Å². The smallest absolute Gasteiger partial charge is 0.343 e. The van der Waals surface area contributed by atoms with E-state index in [-0.39, 0.29) is 4.65 Å². The molecule has 140 valence electrons. The first-order chi connectivity index (χ1) is 10.8. The van der Waals surface area contributed by atoms with Crippen LogP contribution in [0.15, 0.2) is 0 Å². The zero-order chi connectivity index (χ0) is 17.8. The van der Waals surface area contributed by atoms with E-state index in [1.54, 1.807) is 11.7 Å². The number of nitrogens with zero attached hydrogens (tertiary/aromatic N) is 2. The molecule has 0 aromatic carbocycles. The predicted molar refractivity (Wildman–Crippen MR) is 99.9 cm³/mol. The molecule has 0 saturated carbocycles. The SMILES string of the molecule is C[N+]([O-])(CCCl)CCCl.O=P1(N(CCCl)CCCl)NCCCO1. The number of rotatable bonds is 9. The fourth-order valence-electron chi connectivity index (χ4n) is 1.75. The van der Waals surface area contributed by atoms with Crippen LogP contribution in [0.1, 0.15) is 6.42 Å². The van der Waals surface area contributed by atoms with Gasteiger partial charge in [-0.2, -0.15) is 0 Å². The molecular formula is C12H26Cl4N3O3P. The van der Waals surface area contributed by atoms with E-state index in [1.165, 1.54) is 0 Å². The number of hydrogen-bond donors (Lipinski definition) is 1. The molecule has 1 unspecified atom stereocenters. The highest BCUT2D eigenvalue weighted by molar-refractivity contribution is 7.54. The first-order valence-corrected chi connectivity index (χ1v) is 11.1. The van der Waals surface area contributed by atoms with E-state index in [4.69, 9.17) is 50.9 Å². The summed E-state index contributed by atoms with van der Waals surface area (Å²) in [7, 11) is -1.27. The number of hydrogen-bond acceptors (Lipinski definition) is 3. The number of nitrogens with one attached hydrogen (secondary N) is 1. The molecule has 1 aliphatic rings. The van der Waals surface area contributed by atoms with Gasteiger partial charge < -0.3 is 14.4 Å². The Bertz CT molecular complexity index is 330. The average molecular weight is 433 g/mol. The van der Waals surface area contributed by atoms with E-state index < -0.39 is 7.67 Å². The van der Waals surface area contributed by atoms with E-state index in [0.717, 1.165) is 13.0 Å². The van der Waals surface area contributed by atoms with E-state index in [1.807, 2.05) is 0 Å². The van der Waals surface area contributed by atoms with Crippen molar-refractivity contribution < 1.29 is 13.7 Å². The van der Waals surface area contributed by atoms with Crippen molar-refractivity contribution in [2.24, 2.45) is 0 Å². The third-order valence-corrected chi connectivity index (χ3v) is 6.05. The minimum Gasteiger partial charge on any atom is -0.633 e. The fourth-order valence-corrected chi connectivity index (χ4v) is 5.11. The van der Waals surface area contributed by atoms with Gasteiger partial charge in [-0.1, -0.05) is 0 Å². The summed E-state index contributed by atoms with van der Waals surface area (Å²) < 4.78 is 18.8. The van der Waals surface area contributed by atoms with Crippen LogP contribution in [0.5, 0.6) is 0 Å². The summed E-state index contributed by atoms with van der Waals surface area (Å²) in [5.41, 5.74) is 0. The second-order valence-electron chi connectivity index (χ2n) is 5.07. The largest absolute Gasteiger partial charge is 0.633 e. The van der Waals surface area contributed by atoms with Crippen LogP contribution in [0, 0.1) is 5.21 Å². The van der Waals surface area contributed by atoms with Crippen molar-refractivity contribution in [3.05, 3.63) is 5.21 Å². The van der Waals surface area contributed by atoms with Gasteiger partial charge >= 0.3 is 7.67 Å². The van der Waals surface area contributed by atoms with Gasteiger partial charge in [0.25, 0.3) is 0 Å². The zero-order valence-corrected chi connectivity index (χ0v) is 17.3. The molecule has 0 spiro atoms. The molecule has 0 aliphatic carbocycles. The summed E-state index contributed by atoms with van der Waals surface area (Å²) in [6, 6.07) is 0. The van der Waals surface area contributed by atoms with Crippen molar-refractivity contribution in [3.8, 4) is 0 Å². The average Bonchev–Trinajstić information content (AvgIpc) is 2.48. The summed E-state index contributed by atoms with van der Waals surface area (Å²) in [6.45, 7) is 3.18. The van der Waals surface area contributed by atoms with Gasteiger partial charge in [0.15, 0.2) is 0 Å². The molecule has 0 amide bonds. The Hall–Kier alpha value is 1.19. The highest BCUT2D eigenvalue weighted by atomic mass is 35.5. The fraction of sp³-hybridized carbons (Fsp3) is 1.00. The molecular weight excluding hydrogens is 407 g/mol. The number of alkyl halides is 4. The van der Waals surface area contributed by atoms with Crippen LogP contribution in [0.4, 0.5) is 0 Å². The minimum absolute atomic E-state index is 0.326. The lowest BCUT2D eigenvalue weighted by Crippen LogP contribution is -2.40. The van der Waals surface area contributed by atoms with Crippen molar-refractivity contribution in [2.45, 2.75) is 6.42 Å². The Labute approximate surface area is 159 Å². The Morgan fingerprint density at radius 1 is 1.13 bits per heavy atom. The van der Waals surface area contributed by atoms with Crippen molar-refractivity contribution in [2.75, 3.05) is 69.9 Å². The second-order valence-corrected chi connectivity index (χ2v) is 8.76. The van der Waals surface area contributed by atoms with Gasteiger partial charge in [0, 0.05) is 31.4 Å². The monoisotopic (exact) mass is 431 g/mol. The molecule has 1 saturated heterocycles. The molecule has 1 fully saturated rings. The first kappa shape index (κ1) is 24.2. The third kappa shape index (κ3) is 10.7. The molecule has 11 heteroatoms. The van der Waals surface area contributed by atoms with Crippen LogP contribution in [0.25, 0.3) is 0 Å². The predicted octanol–water partition coefficient (Wildman–Crippen LogP) is 3.29. The molecule has 1 N–H and O–H groups in total. The summed E-state index contributed by atoms with van der Waals surface area (Å²) in [5.74, 6) is 1.64. The molecule has 0 aromatic heterocycles. The van der Waals surface area contributed by atoms with Crippen molar-refractivity contribution in [1.82, 2.24) is 9.76 Å². The van der Waals surface area contributed by atoms with E-state index in [9.17, 15) is 9.77 Å². The van der Waals surface area contributed by atoms with Crippen LogP contribution in [0.3, 0.4) is 0 Å². The number of halogens is 4. The molecule has 0 bridgehead atoms. The maximum absolute atomic E-state index is 12.2. The second kappa shape index (κ2) is 13.4. The summed E-state index contributed by atoms with van der Waals surface area (Å²) in [4.78, 5) is 0. The van der Waals surface area contributed by atoms with Crippen LogP contribution in [-0.4, -0.2) is 79.2 Å². The van der Waals surface area contributed by atoms with Gasteiger partial charge in [-0.05, 0) is 6.42 Å². The van der Waals surface area contributed by atoms with Gasteiger partial charge in [0.05, 0.1) is 38.5 Å². The molecule has 23 heavy (non-hydrogen) atoms. The quantitative estimate of drug-likeness (QED) is 0.262. The highest BCUT2D eigenvalue weighted by Gasteiger charge is 2.32. The lowest BCUT2D eigenvalue weighted by molar-refractivity contribution is -0.855. The van der Waals surface area contributed by atoms with Gasteiger partial charge in [0.2, 0.25) is 0 Å². The van der Waals surface area contributed by atoms with Crippen LogP contribution in [-0.2, 0) is 9.09 Å². The van der Waals surface area contributed by atoms with Crippen LogP contribution in [0.2, 0.25) is 0 Å². The van der Waals surface area contributed by atoms with Gasteiger partial charge in [-0.15, -0.1) is 46.4 Å². The van der Waals surface area contributed by atoms with Gasteiger partial charge in [-0.3, -0.25) is 4.57 Å². The molecule has 0 aromatic rings. The molecule has 6 nitrogen and oxygen atoms in total. The molecule has 1 heterocycles. The van der Waals surface area contributed by atoms with Gasteiger partial charge in [-0.25, -0.2) is 9.76 Å². The van der Waals surface area contributed by atoms with E-state index in [2.05, 4.69) is 5.09 Å². The summed E-state index contributed by atoms with van der Waals surface area (Å²) in [5, 5.41) is 14.0. The lowest BCUT2D eigenvalue weighted by Gasteiger charge is -2.37. The Morgan fingerprint density at radius 2 is 1.65 bits per heavy atom. The van der Waals surface area contributed by atoms with Crippen molar-refractivity contribution in [1.29, 1.82) is 0 Å². The highest BCUT2D eigenvalue weighted by Crippen LogP contribution is 2.48. The first-order valence-electron chi connectivity index (χ1n) is 7.39. The van der Waals surface area contributed by atoms with Crippen LogP contribution >= 0.6 is 54.1 Å². The topological polar surface area (TPSA) is 64.6 Å². The normalized spacial score (nSPS) is 21.9. The summed E-state index contributed by atoms with van der Waals surface area (Å²) >= 11 is 22.0. The minimum atomic E-state index is -2.84. The van der Waals surface area contributed by atoms with Gasteiger partial charge in [0.1, 0.15) is 0 Å². The van der Waals surface area contributed by atoms with Crippen molar-refractivity contribution in [3.63, 3.8) is 0 Å². The van der Waals surface area contributed by atoms with E-state index in [0.29, 0.717) is 56.3 Å². The third-order valence-electron chi connectivity index (χ3n) is 3.07. The molecule has 1 rings (SSSR count).